The molecule has 0 aromatic carbocycles. The number of nitrogens with zero attached hydrogens (tertiary/aromatic N) is 2. The summed E-state index contributed by atoms with van der Waals surface area (Å²) in [7, 11) is -3.92. The first-order valence-corrected chi connectivity index (χ1v) is 6.70. The monoisotopic (exact) mass is 290 g/mol. The van der Waals surface area contributed by atoms with Crippen LogP contribution in [0.3, 0.4) is 0 Å². The Bertz CT molecular complexity index is 401. The second-order valence-electron chi connectivity index (χ2n) is 3.94. The van der Waals surface area contributed by atoms with E-state index in [1.54, 1.807) is 0 Å². The standard InChI is InChI=1S/C8H13F3N2O4S/c9-8(10,11)6-12-1-3-13(4-2-12)18(16,17)5-7(14)15/h1-6H2,(H,14,15). The van der Waals surface area contributed by atoms with Gasteiger partial charge in [-0.2, -0.15) is 17.5 Å². The fourth-order valence-electron chi connectivity index (χ4n) is 1.67. The molecule has 1 aliphatic heterocycles. The molecule has 1 N–H and O–H groups in total. The van der Waals surface area contributed by atoms with Gasteiger partial charge in [0, 0.05) is 26.2 Å². The Kier molecular flexibility index (Phi) is 4.56. The first kappa shape index (κ1) is 15.2. The molecule has 1 fully saturated rings. The van der Waals surface area contributed by atoms with Crippen molar-refractivity contribution >= 4 is 16.0 Å². The Morgan fingerprint density at radius 2 is 1.67 bits per heavy atom. The highest BCUT2D eigenvalue weighted by Gasteiger charge is 2.34. The molecule has 0 radical (unpaired) electrons. The zero-order valence-electron chi connectivity index (χ0n) is 9.35. The molecule has 0 unspecified atom stereocenters. The summed E-state index contributed by atoms with van der Waals surface area (Å²) in [5.41, 5.74) is 0. The molecule has 18 heavy (non-hydrogen) atoms. The number of halogens is 3. The summed E-state index contributed by atoms with van der Waals surface area (Å²) in [5, 5.41) is 8.42. The lowest BCUT2D eigenvalue weighted by molar-refractivity contribution is -0.148. The number of aliphatic carboxylic acids is 1. The van der Waals surface area contributed by atoms with Crippen LogP contribution in [0.25, 0.3) is 0 Å². The second-order valence-corrected chi connectivity index (χ2v) is 5.91. The largest absolute Gasteiger partial charge is 0.480 e. The molecule has 1 aliphatic rings. The number of sulfonamides is 1. The van der Waals surface area contributed by atoms with Gasteiger partial charge in [0.1, 0.15) is 0 Å². The lowest BCUT2D eigenvalue weighted by Crippen LogP contribution is -2.51. The Morgan fingerprint density at radius 1 is 1.17 bits per heavy atom. The Hall–Kier alpha value is -0.870. The van der Waals surface area contributed by atoms with Crippen molar-refractivity contribution in [1.82, 2.24) is 9.21 Å². The van der Waals surface area contributed by atoms with E-state index in [9.17, 15) is 26.4 Å². The van der Waals surface area contributed by atoms with Crippen LogP contribution in [0.4, 0.5) is 13.2 Å². The number of carboxylic acids is 1. The van der Waals surface area contributed by atoms with Crippen molar-refractivity contribution in [2.45, 2.75) is 6.18 Å². The van der Waals surface area contributed by atoms with Crippen LogP contribution in [-0.2, 0) is 14.8 Å². The van der Waals surface area contributed by atoms with Crippen LogP contribution in [0.15, 0.2) is 0 Å². The molecule has 106 valence electrons. The zero-order valence-corrected chi connectivity index (χ0v) is 10.2. The predicted molar refractivity (Wildman–Crippen MR) is 55.5 cm³/mol. The Balaban J connectivity index is 2.51. The van der Waals surface area contributed by atoms with Crippen molar-refractivity contribution in [2.24, 2.45) is 0 Å². The molecule has 0 bridgehead atoms. The maximum Gasteiger partial charge on any atom is 0.401 e. The van der Waals surface area contributed by atoms with E-state index < -0.39 is 34.5 Å². The summed E-state index contributed by atoms with van der Waals surface area (Å²) in [5.74, 6) is -2.51. The minimum absolute atomic E-state index is 0.0572. The van der Waals surface area contributed by atoms with Gasteiger partial charge < -0.3 is 5.11 Å². The third kappa shape index (κ3) is 4.78. The number of hydrogen-bond donors (Lipinski definition) is 1. The number of rotatable bonds is 4. The van der Waals surface area contributed by atoms with Gasteiger partial charge in [-0.05, 0) is 0 Å². The number of hydrogen-bond acceptors (Lipinski definition) is 4. The van der Waals surface area contributed by atoms with Crippen LogP contribution in [0, 0.1) is 0 Å². The molecular formula is C8H13F3N2O4S. The third-order valence-electron chi connectivity index (χ3n) is 2.43. The van der Waals surface area contributed by atoms with E-state index >= 15 is 0 Å². The molecule has 0 aromatic rings. The van der Waals surface area contributed by atoms with E-state index in [0.717, 1.165) is 9.21 Å². The van der Waals surface area contributed by atoms with Crippen molar-refractivity contribution in [3.8, 4) is 0 Å². The van der Waals surface area contributed by atoms with E-state index in [1.165, 1.54) is 0 Å². The van der Waals surface area contributed by atoms with Gasteiger partial charge in [-0.15, -0.1) is 0 Å². The molecule has 1 saturated heterocycles. The van der Waals surface area contributed by atoms with E-state index in [2.05, 4.69) is 0 Å². The fourth-order valence-corrected chi connectivity index (χ4v) is 2.88. The zero-order chi connectivity index (χ0) is 14.0. The van der Waals surface area contributed by atoms with E-state index in [1.807, 2.05) is 0 Å². The molecule has 0 spiro atoms. The minimum atomic E-state index is -4.32. The maximum atomic E-state index is 12.1. The van der Waals surface area contributed by atoms with Gasteiger partial charge in [0.05, 0.1) is 6.54 Å². The van der Waals surface area contributed by atoms with Crippen LogP contribution in [0.5, 0.6) is 0 Å². The summed E-state index contributed by atoms with van der Waals surface area (Å²) in [6.07, 6.45) is -4.32. The van der Waals surface area contributed by atoms with Crippen molar-refractivity contribution in [1.29, 1.82) is 0 Å². The summed E-state index contributed by atoms with van der Waals surface area (Å²) < 4.78 is 60.2. The predicted octanol–water partition coefficient (Wildman–Crippen LogP) is -0.419. The van der Waals surface area contributed by atoms with E-state index in [4.69, 9.17) is 5.11 Å². The lowest BCUT2D eigenvalue weighted by atomic mass is 10.3. The van der Waals surface area contributed by atoms with E-state index in [-0.39, 0.29) is 26.2 Å². The van der Waals surface area contributed by atoms with Gasteiger partial charge in [-0.3, -0.25) is 9.69 Å². The molecule has 0 aliphatic carbocycles. The molecule has 0 saturated carbocycles. The number of piperazine rings is 1. The molecule has 0 atom stereocenters. The third-order valence-corrected chi connectivity index (χ3v) is 4.20. The smallest absolute Gasteiger partial charge is 0.401 e. The number of carbonyl (C=O) groups is 1. The van der Waals surface area contributed by atoms with Crippen molar-refractivity contribution in [3.05, 3.63) is 0 Å². The average Bonchev–Trinajstić information content (AvgIpc) is 2.13. The van der Waals surface area contributed by atoms with Crippen molar-refractivity contribution in [3.63, 3.8) is 0 Å². The summed E-state index contributed by atoms with van der Waals surface area (Å²) in [6.45, 7) is -1.44. The second kappa shape index (κ2) is 5.41. The van der Waals surface area contributed by atoms with Crippen LogP contribution < -0.4 is 0 Å². The van der Waals surface area contributed by atoms with Crippen LogP contribution >= 0.6 is 0 Å². The van der Waals surface area contributed by atoms with Crippen LogP contribution in [0.2, 0.25) is 0 Å². The van der Waals surface area contributed by atoms with Gasteiger partial charge in [-0.1, -0.05) is 0 Å². The lowest BCUT2D eigenvalue weighted by Gasteiger charge is -2.33. The molecule has 10 heteroatoms. The van der Waals surface area contributed by atoms with Crippen LogP contribution in [0.1, 0.15) is 0 Å². The Morgan fingerprint density at radius 3 is 2.06 bits per heavy atom. The molecule has 0 aromatic heterocycles. The highest BCUT2D eigenvalue weighted by molar-refractivity contribution is 7.89. The fraction of sp³-hybridized carbons (Fsp3) is 0.875. The summed E-state index contributed by atoms with van der Waals surface area (Å²) in [4.78, 5) is 11.4. The van der Waals surface area contributed by atoms with Gasteiger partial charge >= 0.3 is 12.1 Å². The highest BCUT2D eigenvalue weighted by atomic mass is 32.2. The maximum absolute atomic E-state index is 12.1. The minimum Gasteiger partial charge on any atom is -0.480 e. The van der Waals surface area contributed by atoms with Crippen LogP contribution in [-0.4, -0.2) is 73.4 Å². The first-order chi connectivity index (χ1) is 8.10. The molecule has 6 nitrogen and oxygen atoms in total. The summed E-state index contributed by atoms with van der Waals surface area (Å²) >= 11 is 0. The highest BCUT2D eigenvalue weighted by Crippen LogP contribution is 2.18. The quantitative estimate of drug-likeness (QED) is 0.761. The molecular weight excluding hydrogens is 277 g/mol. The van der Waals surface area contributed by atoms with E-state index in [0.29, 0.717) is 0 Å². The Labute approximate surface area is 102 Å². The van der Waals surface area contributed by atoms with Crippen molar-refractivity contribution < 1.29 is 31.5 Å². The van der Waals surface area contributed by atoms with Gasteiger partial charge in [0.25, 0.3) is 0 Å². The molecule has 1 heterocycles. The molecule has 0 amide bonds. The normalized spacial score (nSPS) is 19.9. The molecule has 1 rings (SSSR count). The first-order valence-electron chi connectivity index (χ1n) is 5.09. The number of carboxylic acid groups (broad SMARTS) is 1. The topological polar surface area (TPSA) is 77.9 Å². The van der Waals surface area contributed by atoms with Crippen molar-refractivity contribution in [2.75, 3.05) is 38.5 Å². The number of alkyl halides is 3. The van der Waals surface area contributed by atoms with Gasteiger partial charge in [0.15, 0.2) is 5.75 Å². The summed E-state index contributed by atoms with van der Waals surface area (Å²) in [6, 6.07) is 0. The van der Waals surface area contributed by atoms with Gasteiger partial charge in [0.2, 0.25) is 10.0 Å². The van der Waals surface area contributed by atoms with Gasteiger partial charge in [-0.25, -0.2) is 8.42 Å². The SMILES string of the molecule is O=C(O)CS(=O)(=O)N1CCN(CC(F)(F)F)CC1. The average molecular weight is 290 g/mol.